The van der Waals surface area contributed by atoms with Crippen LogP contribution >= 0.6 is 11.8 Å². The van der Waals surface area contributed by atoms with Crippen LogP contribution in [0.1, 0.15) is 24.1 Å². The summed E-state index contributed by atoms with van der Waals surface area (Å²) in [5, 5.41) is 8.47. The molecule has 0 spiro atoms. The van der Waals surface area contributed by atoms with Gasteiger partial charge in [0.15, 0.2) is 0 Å². The van der Waals surface area contributed by atoms with E-state index in [4.69, 9.17) is 5.73 Å². The maximum Gasteiger partial charge on any atom is 0.248 e. The Morgan fingerprint density at radius 3 is 2.48 bits per heavy atom. The summed E-state index contributed by atoms with van der Waals surface area (Å²) in [4.78, 5) is 16.7. The second kappa shape index (κ2) is 7.28. The van der Waals surface area contributed by atoms with Crippen LogP contribution in [0.25, 0.3) is 0 Å². The van der Waals surface area contributed by atoms with Crippen molar-refractivity contribution in [1.29, 1.82) is 0 Å². The summed E-state index contributed by atoms with van der Waals surface area (Å²) in [6.45, 7) is 1.84. The predicted molar refractivity (Wildman–Crippen MR) is 106 cm³/mol. The fourth-order valence-corrected chi connectivity index (χ4v) is 3.96. The van der Waals surface area contributed by atoms with E-state index in [0.717, 1.165) is 11.3 Å². The second-order valence-electron chi connectivity index (χ2n) is 6.28. The molecular formula is C20H19N5OS. The van der Waals surface area contributed by atoms with Crippen molar-refractivity contribution in [1.82, 2.24) is 14.8 Å². The Morgan fingerprint density at radius 1 is 1.15 bits per heavy atom. The molecule has 6 nitrogen and oxygen atoms in total. The van der Waals surface area contributed by atoms with Crippen LogP contribution in [0, 0.1) is 0 Å². The summed E-state index contributed by atoms with van der Waals surface area (Å²) in [5.74, 6) is 0.922. The zero-order valence-corrected chi connectivity index (χ0v) is 15.6. The van der Waals surface area contributed by atoms with Gasteiger partial charge < -0.3 is 11.1 Å². The van der Waals surface area contributed by atoms with Crippen LogP contribution < -0.4 is 11.1 Å². The second-order valence-corrected chi connectivity index (χ2v) is 7.22. The molecule has 0 saturated carbocycles. The van der Waals surface area contributed by atoms with Crippen molar-refractivity contribution in [3.63, 3.8) is 0 Å². The van der Waals surface area contributed by atoms with Crippen molar-refractivity contribution in [2.24, 2.45) is 5.73 Å². The van der Waals surface area contributed by atoms with E-state index in [1.807, 2.05) is 55.5 Å². The standard InChI is InChI=1S/C20H19N5OS/c1-13-16(18(21)26)17(15-10-6-3-7-11-15)25-19(22-13)23-20(24-25)27-12-14-8-4-2-5-9-14/h2-11,17H,12H2,1H3,(H2,21,26)(H,22,23,24)/t17-/m1/s1. The van der Waals surface area contributed by atoms with Crippen molar-refractivity contribution in [3.05, 3.63) is 83.1 Å². The van der Waals surface area contributed by atoms with Gasteiger partial charge in [0.1, 0.15) is 6.04 Å². The number of allylic oxidation sites excluding steroid dienone is 1. The Kier molecular flexibility index (Phi) is 4.68. The number of carbonyl (C=O) groups excluding carboxylic acids is 1. The lowest BCUT2D eigenvalue weighted by Gasteiger charge is -2.27. The molecule has 4 rings (SSSR count). The zero-order chi connectivity index (χ0) is 18.8. The first-order valence-electron chi connectivity index (χ1n) is 8.59. The highest BCUT2D eigenvalue weighted by molar-refractivity contribution is 7.98. The summed E-state index contributed by atoms with van der Waals surface area (Å²) < 4.78 is 1.75. The lowest BCUT2D eigenvalue weighted by Crippen LogP contribution is -2.31. The number of benzene rings is 2. The summed E-state index contributed by atoms with van der Waals surface area (Å²) in [5.41, 5.74) is 9.03. The Bertz CT molecular complexity index is 998. The molecule has 136 valence electrons. The van der Waals surface area contributed by atoms with Gasteiger partial charge in [0.25, 0.3) is 0 Å². The third kappa shape index (κ3) is 3.46. The van der Waals surface area contributed by atoms with Gasteiger partial charge in [0, 0.05) is 11.4 Å². The quantitative estimate of drug-likeness (QED) is 0.666. The minimum atomic E-state index is -0.464. The fourth-order valence-electron chi connectivity index (χ4n) is 3.18. The number of anilines is 1. The van der Waals surface area contributed by atoms with Crippen LogP contribution in [-0.4, -0.2) is 20.7 Å². The average molecular weight is 377 g/mol. The fraction of sp³-hybridized carbons (Fsp3) is 0.150. The van der Waals surface area contributed by atoms with E-state index in [1.165, 1.54) is 5.56 Å². The largest absolute Gasteiger partial charge is 0.366 e. The van der Waals surface area contributed by atoms with Crippen molar-refractivity contribution < 1.29 is 4.79 Å². The highest BCUT2D eigenvalue weighted by Gasteiger charge is 2.33. The van der Waals surface area contributed by atoms with Gasteiger partial charge in [-0.2, -0.15) is 4.98 Å². The minimum absolute atomic E-state index is 0.390. The number of aromatic nitrogens is 3. The predicted octanol–water partition coefficient (Wildman–Crippen LogP) is 3.34. The first-order valence-corrected chi connectivity index (χ1v) is 9.58. The number of nitrogens with zero attached hydrogens (tertiary/aromatic N) is 3. The molecule has 27 heavy (non-hydrogen) atoms. The van der Waals surface area contributed by atoms with E-state index in [0.29, 0.717) is 22.4 Å². The van der Waals surface area contributed by atoms with Crippen molar-refractivity contribution in [2.45, 2.75) is 23.9 Å². The number of fused-ring (bicyclic) bond motifs is 1. The number of primary amides is 1. The molecule has 2 heterocycles. The van der Waals surface area contributed by atoms with Crippen LogP contribution in [0.5, 0.6) is 0 Å². The molecule has 0 fully saturated rings. The highest BCUT2D eigenvalue weighted by atomic mass is 32.2. The van der Waals surface area contributed by atoms with Gasteiger partial charge in [-0.25, -0.2) is 4.68 Å². The van der Waals surface area contributed by atoms with Crippen LogP contribution in [0.15, 0.2) is 77.1 Å². The van der Waals surface area contributed by atoms with E-state index in [-0.39, 0.29) is 0 Å². The molecule has 0 unspecified atom stereocenters. The number of hydrogen-bond acceptors (Lipinski definition) is 5. The Labute approximate surface area is 161 Å². The molecule has 1 amide bonds. The minimum Gasteiger partial charge on any atom is -0.366 e. The maximum absolute atomic E-state index is 12.1. The molecule has 1 aliphatic rings. The molecule has 0 radical (unpaired) electrons. The summed E-state index contributed by atoms with van der Waals surface area (Å²) >= 11 is 1.56. The SMILES string of the molecule is CC1=C(C(N)=O)[C@@H](c2ccccc2)n2nc(SCc3ccccc3)nc2N1. The molecule has 7 heteroatoms. The summed E-state index contributed by atoms with van der Waals surface area (Å²) in [6, 6.07) is 19.5. The smallest absolute Gasteiger partial charge is 0.248 e. The molecule has 3 aromatic rings. The van der Waals surface area contributed by atoms with Gasteiger partial charge in [-0.1, -0.05) is 72.4 Å². The molecule has 0 bridgehead atoms. The topological polar surface area (TPSA) is 85.8 Å². The summed E-state index contributed by atoms with van der Waals surface area (Å²) in [6.07, 6.45) is 0. The number of amides is 1. The van der Waals surface area contributed by atoms with E-state index in [1.54, 1.807) is 16.4 Å². The molecule has 1 aliphatic heterocycles. The van der Waals surface area contributed by atoms with Crippen LogP contribution in [0.2, 0.25) is 0 Å². The highest BCUT2D eigenvalue weighted by Crippen LogP contribution is 2.36. The van der Waals surface area contributed by atoms with Gasteiger partial charge in [-0.15, -0.1) is 5.10 Å². The molecular weight excluding hydrogens is 358 g/mol. The van der Waals surface area contributed by atoms with E-state index >= 15 is 0 Å². The number of rotatable bonds is 5. The molecule has 1 aromatic heterocycles. The van der Waals surface area contributed by atoms with E-state index in [2.05, 4.69) is 27.5 Å². The van der Waals surface area contributed by atoms with E-state index in [9.17, 15) is 4.79 Å². The number of nitrogens with one attached hydrogen (secondary N) is 1. The van der Waals surface area contributed by atoms with Gasteiger partial charge in [0.05, 0.1) is 5.57 Å². The number of carbonyl (C=O) groups is 1. The summed E-state index contributed by atoms with van der Waals surface area (Å²) in [7, 11) is 0. The van der Waals surface area contributed by atoms with Crippen LogP contribution in [0.4, 0.5) is 5.95 Å². The van der Waals surface area contributed by atoms with Gasteiger partial charge in [-0.05, 0) is 18.1 Å². The number of nitrogens with two attached hydrogens (primary N) is 1. The lowest BCUT2D eigenvalue weighted by atomic mass is 9.95. The van der Waals surface area contributed by atoms with Crippen molar-refractivity contribution >= 4 is 23.6 Å². The molecule has 0 aliphatic carbocycles. The number of thioether (sulfide) groups is 1. The zero-order valence-electron chi connectivity index (χ0n) is 14.8. The van der Waals surface area contributed by atoms with Crippen LogP contribution in [0.3, 0.4) is 0 Å². The third-order valence-electron chi connectivity index (χ3n) is 4.42. The molecule has 3 N–H and O–H groups in total. The first kappa shape index (κ1) is 17.4. The normalized spacial score (nSPS) is 16.0. The van der Waals surface area contributed by atoms with E-state index < -0.39 is 11.9 Å². The first-order chi connectivity index (χ1) is 13.1. The molecule has 2 aromatic carbocycles. The Balaban J connectivity index is 1.69. The van der Waals surface area contributed by atoms with Crippen molar-refractivity contribution in [3.8, 4) is 0 Å². The Morgan fingerprint density at radius 2 is 1.81 bits per heavy atom. The average Bonchev–Trinajstić information content (AvgIpc) is 3.09. The lowest BCUT2D eigenvalue weighted by molar-refractivity contribution is -0.115. The van der Waals surface area contributed by atoms with Crippen molar-refractivity contribution in [2.75, 3.05) is 5.32 Å². The van der Waals surface area contributed by atoms with Gasteiger partial charge >= 0.3 is 0 Å². The molecule has 1 atom stereocenters. The van der Waals surface area contributed by atoms with Gasteiger partial charge in [0.2, 0.25) is 17.0 Å². The Hall–Kier alpha value is -3.06. The number of hydrogen-bond donors (Lipinski definition) is 2. The maximum atomic E-state index is 12.1. The monoisotopic (exact) mass is 377 g/mol. The third-order valence-corrected chi connectivity index (χ3v) is 5.33. The molecule has 0 saturated heterocycles. The van der Waals surface area contributed by atoms with Crippen LogP contribution in [-0.2, 0) is 10.5 Å². The van der Waals surface area contributed by atoms with Gasteiger partial charge in [-0.3, -0.25) is 4.79 Å².